The van der Waals surface area contributed by atoms with E-state index in [4.69, 9.17) is 21.4 Å². The number of hydrogen-bond donors (Lipinski definition) is 4. The number of ether oxygens (including phenoxy) is 1. The summed E-state index contributed by atoms with van der Waals surface area (Å²) in [7, 11) is 0. The summed E-state index contributed by atoms with van der Waals surface area (Å²) in [5.41, 5.74) is -0.00694. The predicted molar refractivity (Wildman–Crippen MR) is 70.8 cm³/mol. The molecule has 0 amide bonds. The lowest BCUT2D eigenvalue weighted by Gasteiger charge is -2.40. The van der Waals surface area contributed by atoms with E-state index in [2.05, 4.69) is 0 Å². The van der Waals surface area contributed by atoms with Crippen molar-refractivity contribution in [3.8, 4) is 0 Å². The van der Waals surface area contributed by atoms with Gasteiger partial charge in [-0.05, 0) is 6.07 Å². The Bertz CT molecular complexity index is 538. The van der Waals surface area contributed by atoms with Crippen LogP contribution in [0.15, 0.2) is 18.2 Å². The molecule has 0 saturated carbocycles. The minimum atomic E-state index is -1.54. The van der Waals surface area contributed by atoms with Crippen LogP contribution in [0.4, 0.5) is 5.69 Å². The van der Waals surface area contributed by atoms with E-state index in [1.807, 2.05) is 0 Å². The van der Waals surface area contributed by atoms with Gasteiger partial charge < -0.3 is 25.2 Å². The molecule has 0 unspecified atom stereocenters. The number of aliphatic hydroxyl groups is 4. The molecule has 1 aromatic carbocycles. The van der Waals surface area contributed by atoms with Crippen molar-refractivity contribution in [1.82, 2.24) is 0 Å². The summed E-state index contributed by atoms with van der Waals surface area (Å²) in [6, 6.07) is 3.58. The molecule has 1 aromatic rings. The minimum Gasteiger partial charge on any atom is -0.394 e. The van der Waals surface area contributed by atoms with E-state index in [1.165, 1.54) is 12.1 Å². The van der Waals surface area contributed by atoms with Crippen molar-refractivity contribution in [3.63, 3.8) is 0 Å². The van der Waals surface area contributed by atoms with Crippen LogP contribution < -0.4 is 0 Å². The normalized spacial score (nSPS) is 32.9. The van der Waals surface area contributed by atoms with Gasteiger partial charge >= 0.3 is 0 Å². The van der Waals surface area contributed by atoms with Crippen molar-refractivity contribution in [2.24, 2.45) is 0 Å². The lowest BCUT2D eigenvalue weighted by Crippen LogP contribution is -2.55. The van der Waals surface area contributed by atoms with E-state index in [1.54, 1.807) is 0 Å². The number of non-ortho nitro benzene ring substituents is 1. The third-order valence-corrected chi connectivity index (χ3v) is 3.72. The van der Waals surface area contributed by atoms with Crippen molar-refractivity contribution in [3.05, 3.63) is 38.9 Å². The van der Waals surface area contributed by atoms with E-state index in [-0.39, 0.29) is 16.3 Å². The lowest BCUT2D eigenvalue weighted by molar-refractivity contribution is -0.384. The summed E-state index contributed by atoms with van der Waals surface area (Å²) in [6.07, 6.45) is -6.68. The molecule has 0 aliphatic carbocycles. The average molecular weight is 326 g/mol. The fourth-order valence-electron chi connectivity index (χ4n) is 2.22. The number of nitro benzene ring substituents is 1. The van der Waals surface area contributed by atoms with Gasteiger partial charge in [-0.15, -0.1) is 0 Å². The monoisotopic (exact) mass is 325 g/mol. The molecule has 9 heteroatoms. The Hall–Kier alpha value is -1.29. The molecule has 4 N–H and O–H groups in total. The van der Waals surface area contributed by atoms with E-state index in [9.17, 15) is 25.4 Å². The van der Waals surface area contributed by atoms with Crippen LogP contribution in [0, 0.1) is 10.1 Å². The van der Waals surface area contributed by atoms with Gasteiger partial charge in [-0.2, -0.15) is 0 Å². The second kappa shape index (κ2) is 6.22. The number of rotatable bonds is 3. The molecule has 5 atom stereocenters. The molecule has 21 heavy (non-hydrogen) atoms. The van der Waals surface area contributed by atoms with Crippen LogP contribution in [0.3, 0.4) is 0 Å². The Balaban J connectivity index is 2.34. The molecule has 0 bridgehead atoms. The molecule has 2 rings (SSSR count). The quantitative estimate of drug-likeness (QED) is 0.342. The minimum absolute atomic E-state index is 0.0199. The molecule has 1 saturated heterocycles. The zero-order valence-electron chi connectivity index (χ0n) is 10.7. The maximum atomic E-state index is 10.7. The summed E-state index contributed by atoms with van der Waals surface area (Å²) in [5, 5.41) is 49.1. The van der Waals surface area contributed by atoms with Gasteiger partial charge in [-0.3, -0.25) is 10.1 Å². The molecule has 1 aliphatic rings. The number of nitrogens with zero attached hydrogens (tertiary/aromatic N) is 1. The molecular weight excluding hydrogens is 312 g/mol. The zero-order chi connectivity index (χ0) is 15.7. The van der Waals surface area contributed by atoms with Crippen LogP contribution in [0.2, 0.25) is 5.02 Å². The van der Waals surface area contributed by atoms with Gasteiger partial charge in [0.05, 0.1) is 16.6 Å². The summed E-state index contributed by atoms with van der Waals surface area (Å²) < 4.78 is 5.33. The number of benzene rings is 1. The first-order valence-electron chi connectivity index (χ1n) is 6.11. The topological polar surface area (TPSA) is 133 Å². The van der Waals surface area contributed by atoms with Crippen molar-refractivity contribution in [2.45, 2.75) is 30.5 Å². The van der Waals surface area contributed by atoms with Crippen molar-refractivity contribution >= 4 is 17.3 Å². The first-order chi connectivity index (χ1) is 9.86. The van der Waals surface area contributed by atoms with Gasteiger partial charge in [0.2, 0.25) is 0 Å². The fourth-order valence-corrected chi connectivity index (χ4v) is 2.50. The van der Waals surface area contributed by atoms with Crippen LogP contribution in [-0.4, -0.2) is 56.4 Å². The number of hydrogen-bond acceptors (Lipinski definition) is 7. The molecule has 8 nitrogen and oxygen atoms in total. The summed E-state index contributed by atoms with van der Waals surface area (Å²) in [5.74, 6) is 0. The van der Waals surface area contributed by atoms with E-state index in [0.717, 1.165) is 6.07 Å². The van der Waals surface area contributed by atoms with Gasteiger partial charge in [-0.25, -0.2) is 0 Å². The molecule has 0 aromatic heterocycles. The van der Waals surface area contributed by atoms with Crippen molar-refractivity contribution < 1.29 is 30.1 Å². The van der Waals surface area contributed by atoms with Crippen molar-refractivity contribution in [2.75, 3.05) is 6.61 Å². The molecule has 0 radical (unpaired) electrons. The average Bonchev–Trinajstić information content (AvgIpc) is 2.45. The largest absolute Gasteiger partial charge is 0.394 e. The Morgan fingerprint density at radius 3 is 2.43 bits per heavy atom. The van der Waals surface area contributed by atoms with Crippen LogP contribution >= 0.6 is 11.6 Å². The third kappa shape index (κ3) is 3.00. The SMILES string of the molecule is O=[N+]([O-])c1ccc([13C@@H]2O[13C@H]([13CH2]O)[13C@@H](O)[13C@H](O)[13C@H]2O)c(Cl)c1. The van der Waals surface area contributed by atoms with Gasteiger partial charge in [0.15, 0.2) is 0 Å². The maximum Gasteiger partial charge on any atom is 0.270 e. The zero-order valence-corrected chi connectivity index (χ0v) is 11.4. The molecular formula is C12H14ClNO7. The summed E-state index contributed by atoms with van der Waals surface area (Å²) in [4.78, 5) is 10.0. The van der Waals surface area contributed by atoms with Gasteiger partial charge in [0.1, 0.15) is 30.5 Å². The Morgan fingerprint density at radius 1 is 1.24 bits per heavy atom. The standard InChI is InChI=1S/C12H14ClNO7/c13-7-3-5(14(19)20)1-2-6(7)12-11(18)10(17)9(16)8(4-15)21-12/h1-3,8-12,15-18H,4H2/t8-,9-,10+,11-,12+/m1/s1/i4+1,8+1,9+1,10+1,11+1,12+1. The summed E-state index contributed by atoms with van der Waals surface area (Å²) in [6.45, 7) is -0.563. The lowest BCUT2D eigenvalue weighted by atomic mass is 10.2. The third-order valence-electron chi connectivity index (χ3n) is 3.39. The molecule has 1 heterocycles. The first kappa shape index (κ1) is 16.1. The van der Waals surface area contributed by atoms with Crippen LogP contribution in [-0.2, 0) is 4.74 Å². The van der Waals surface area contributed by atoms with Crippen LogP contribution in [0.1, 0.15) is 11.7 Å². The van der Waals surface area contributed by atoms with Crippen LogP contribution in [0.5, 0.6) is 0 Å². The number of halogens is 1. The second-order valence-corrected chi connectivity index (χ2v) is 5.12. The predicted octanol–water partition coefficient (Wildman–Crippen LogP) is -0.237. The molecule has 1 fully saturated rings. The van der Waals surface area contributed by atoms with Crippen LogP contribution in [0.25, 0.3) is 0 Å². The maximum absolute atomic E-state index is 10.7. The Labute approximate surface area is 124 Å². The molecule has 0 spiro atoms. The highest BCUT2D eigenvalue weighted by atomic mass is 35.5. The first-order valence-corrected chi connectivity index (χ1v) is 6.49. The second-order valence-electron chi connectivity index (χ2n) is 4.71. The van der Waals surface area contributed by atoms with Gasteiger partial charge in [0, 0.05) is 17.7 Å². The van der Waals surface area contributed by atoms with Crippen molar-refractivity contribution in [1.29, 1.82) is 0 Å². The van der Waals surface area contributed by atoms with E-state index < -0.39 is 42.1 Å². The summed E-state index contributed by atoms with van der Waals surface area (Å²) >= 11 is 5.94. The smallest absolute Gasteiger partial charge is 0.270 e. The van der Waals surface area contributed by atoms with E-state index >= 15 is 0 Å². The molecule has 1 aliphatic heterocycles. The fraction of sp³-hybridized carbons (Fsp3) is 0.500. The highest BCUT2D eigenvalue weighted by Crippen LogP contribution is 2.37. The Morgan fingerprint density at radius 2 is 1.90 bits per heavy atom. The van der Waals surface area contributed by atoms with E-state index in [0.29, 0.717) is 0 Å². The van der Waals surface area contributed by atoms with Gasteiger partial charge in [-0.1, -0.05) is 11.6 Å². The Kier molecular flexibility index (Phi) is 4.77. The molecule has 116 valence electrons. The van der Waals surface area contributed by atoms with Gasteiger partial charge in [0.25, 0.3) is 5.69 Å². The number of nitro groups is 1. The highest BCUT2D eigenvalue weighted by Gasteiger charge is 2.44. The highest BCUT2D eigenvalue weighted by molar-refractivity contribution is 6.31. The number of aliphatic hydroxyl groups excluding tert-OH is 4.